The molecule has 0 atom stereocenters. The third-order valence-corrected chi connectivity index (χ3v) is 4.50. The summed E-state index contributed by atoms with van der Waals surface area (Å²) >= 11 is 0. The summed E-state index contributed by atoms with van der Waals surface area (Å²) in [5.74, 6) is -0.600. The molecular formula is C16H18N2O4S. The second-order valence-corrected chi connectivity index (χ2v) is 6.92. The first-order valence-corrected chi connectivity index (χ1v) is 8.56. The summed E-state index contributed by atoms with van der Waals surface area (Å²) in [5, 5.41) is 0. The molecule has 0 aliphatic rings. The Hall–Kier alpha value is -2.25. The van der Waals surface area contributed by atoms with Gasteiger partial charge in [0.2, 0.25) is 10.0 Å². The standard InChI is InChI=1S/C16H18N2O4S/c1-12(2)18-23(20,21)15-8-5-6-13(10-15)16(19)22-11-14-7-3-4-9-17-14/h3-10,12,18H,11H2,1-2H3. The van der Waals surface area contributed by atoms with E-state index in [1.165, 1.54) is 24.3 Å². The van der Waals surface area contributed by atoms with Gasteiger partial charge in [0.15, 0.2) is 0 Å². The van der Waals surface area contributed by atoms with E-state index >= 15 is 0 Å². The third kappa shape index (κ3) is 4.87. The number of nitrogens with zero attached hydrogens (tertiary/aromatic N) is 1. The van der Waals surface area contributed by atoms with Crippen molar-refractivity contribution in [1.29, 1.82) is 0 Å². The Balaban J connectivity index is 2.11. The van der Waals surface area contributed by atoms with E-state index in [0.29, 0.717) is 5.69 Å². The van der Waals surface area contributed by atoms with Crippen molar-refractivity contribution in [2.45, 2.75) is 31.4 Å². The molecule has 0 aliphatic carbocycles. The minimum atomic E-state index is -3.65. The number of benzene rings is 1. The van der Waals surface area contributed by atoms with Gasteiger partial charge in [0.05, 0.1) is 16.2 Å². The van der Waals surface area contributed by atoms with Crippen LogP contribution < -0.4 is 4.72 Å². The number of pyridine rings is 1. The molecule has 0 radical (unpaired) electrons. The number of rotatable bonds is 6. The predicted molar refractivity (Wildman–Crippen MR) is 85.3 cm³/mol. The number of hydrogen-bond donors (Lipinski definition) is 1. The van der Waals surface area contributed by atoms with E-state index in [0.717, 1.165) is 0 Å². The van der Waals surface area contributed by atoms with E-state index in [4.69, 9.17) is 4.74 Å². The molecule has 1 N–H and O–H groups in total. The molecule has 0 spiro atoms. The fraction of sp³-hybridized carbons (Fsp3) is 0.250. The molecule has 1 aromatic heterocycles. The maximum atomic E-state index is 12.1. The van der Waals surface area contributed by atoms with E-state index in [1.54, 1.807) is 38.2 Å². The molecule has 1 aromatic carbocycles. The van der Waals surface area contributed by atoms with Crippen LogP contribution in [0.3, 0.4) is 0 Å². The maximum Gasteiger partial charge on any atom is 0.338 e. The molecule has 0 saturated heterocycles. The minimum absolute atomic E-state index is 0.0264. The predicted octanol–water partition coefficient (Wildman–Crippen LogP) is 2.13. The summed E-state index contributed by atoms with van der Waals surface area (Å²) in [6.07, 6.45) is 1.61. The van der Waals surface area contributed by atoms with E-state index in [1.807, 2.05) is 0 Å². The van der Waals surface area contributed by atoms with Crippen molar-refractivity contribution in [2.24, 2.45) is 0 Å². The number of sulfonamides is 1. The fourth-order valence-corrected chi connectivity index (χ4v) is 3.17. The quantitative estimate of drug-likeness (QED) is 0.818. The Morgan fingerprint density at radius 1 is 1.22 bits per heavy atom. The number of ether oxygens (including phenoxy) is 1. The van der Waals surface area contributed by atoms with Crippen LogP contribution in [0.4, 0.5) is 0 Å². The van der Waals surface area contributed by atoms with Crippen LogP contribution in [0.2, 0.25) is 0 Å². The van der Waals surface area contributed by atoms with Crippen LogP contribution in [0.25, 0.3) is 0 Å². The van der Waals surface area contributed by atoms with Crippen LogP contribution >= 0.6 is 0 Å². The Kier molecular flexibility index (Phi) is 5.46. The zero-order chi connectivity index (χ0) is 16.9. The largest absolute Gasteiger partial charge is 0.456 e. The van der Waals surface area contributed by atoms with Crippen molar-refractivity contribution in [3.05, 3.63) is 59.9 Å². The van der Waals surface area contributed by atoms with E-state index in [-0.39, 0.29) is 23.1 Å². The van der Waals surface area contributed by atoms with Gasteiger partial charge in [-0.05, 0) is 44.2 Å². The van der Waals surface area contributed by atoms with Gasteiger partial charge in [-0.3, -0.25) is 4.98 Å². The summed E-state index contributed by atoms with van der Waals surface area (Å²) in [4.78, 5) is 16.1. The number of nitrogens with one attached hydrogen (secondary N) is 1. The summed E-state index contributed by atoms with van der Waals surface area (Å²) in [7, 11) is -3.65. The van der Waals surface area contributed by atoms with Gasteiger partial charge in [0, 0.05) is 12.2 Å². The topological polar surface area (TPSA) is 85.4 Å². The molecular weight excluding hydrogens is 316 g/mol. The summed E-state index contributed by atoms with van der Waals surface area (Å²) in [5.41, 5.74) is 0.790. The van der Waals surface area contributed by atoms with Crippen LogP contribution in [0, 0.1) is 0 Å². The summed E-state index contributed by atoms with van der Waals surface area (Å²) < 4.78 is 31.9. The third-order valence-electron chi connectivity index (χ3n) is 2.85. The summed E-state index contributed by atoms with van der Waals surface area (Å²) in [6.45, 7) is 3.48. The highest BCUT2D eigenvalue weighted by atomic mass is 32.2. The lowest BCUT2D eigenvalue weighted by Crippen LogP contribution is -2.30. The van der Waals surface area contributed by atoms with Gasteiger partial charge < -0.3 is 4.74 Å². The van der Waals surface area contributed by atoms with Crippen LogP contribution in [0.1, 0.15) is 29.9 Å². The Bertz CT molecular complexity index is 774. The maximum absolute atomic E-state index is 12.1. The van der Waals surface area contributed by atoms with Gasteiger partial charge in [-0.15, -0.1) is 0 Å². The average Bonchev–Trinajstić information content (AvgIpc) is 2.52. The second kappa shape index (κ2) is 7.34. The zero-order valence-corrected chi connectivity index (χ0v) is 13.7. The molecule has 2 rings (SSSR count). The molecule has 23 heavy (non-hydrogen) atoms. The highest BCUT2D eigenvalue weighted by molar-refractivity contribution is 7.89. The average molecular weight is 334 g/mol. The fourth-order valence-electron chi connectivity index (χ4n) is 1.87. The van der Waals surface area contributed by atoms with Crippen LogP contribution in [0.5, 0.6) is 0 Å². The first kappa shape index (κ1) is 17.1. The normalized spacial score (nSPS) is 11.4. The van der Waals surface area contributed by atoms with Crippen LogP contribution in [-0.2, 0) is 21.4 Å². The van der Waals surface area contributed by atoms with Crippen molar-refractivity contribution in [3.8, 4) is 0 Å². The number of carbonyl (C=O) groups excluding carboxylic acids is 1. The molecule has 0 fully saturated rings. The first-order valence-electron chi connectivity index (χ1n) is 7.08. The Morgan fingerprint density at radius 2 is 2.00 bits per heavy atom. The van der Waals surface area contributed by atoms with Gasteiger partial charge in [0.1, 0.15) is 6.61 Å². The molecule has 0 aliphatic heterocycles. The zero-order valence-electron chi connectivity index (χ0n) is 12.9. The number of carbonyl (C=O) groups is 1. The molecule has 0 unspecified atom stereocenters. The lowest BCUT2D eigenvalue weighted by Gasteiger charge is -2.10. The molecule has 7 heteroatoms. The lowest BCUT2D eigenvalue weighted by atomic mass is 10.2. The molecule has 0 saturated carbocycles. The van der Waals surface area contributed by atoms with Crippen molar-refractivity contribution < 1.29 is 17.9 Å². The monoisotopic (exact) mass is 334 g/mol. The number of aromatic nitrogens is 1. The van der Waals surface area contributed by atoms with Crippen molar-refractivity contribution in [2.75, 3.05) is 0 Å². The lowest BCUT2D eigenvalue weighted by molar-refractivity contribution is 0.0467. The summed E-state index contributed by atoms with van der Waals surface area (Å²) in [6, 6.07) is 10.8. The van der Waals surface area contributed by atoms with Gasteiger partial charge in [-0.1, -0.05) is 12.1 Å². The molecule has 122 valence electrons. The SMILES string of the molecule is CC(C)NS(=O)(=O)c1cccc(C(=O)OCc2ccccn2)c1. The number of esters is 1. The van der Waals surface area contributed by atoms with Gasteiger partial charge >= 0.3 is 5.97 Å². The van der Waals surface area contributed by atoms with Crippen LogP contribution in [-0.4, -0.2) is 25.4 Å². The molecule has 0 bridgehead atoms. The van der Waals surface area contributed by atoms with Crippen LogP contribution in [0.15, 0.2) is 53.6 Å². The smallest absolute Gasteiger partial charge is 0.338 e. The Morgan fingerprint density at radius 3 is 2.65 bits per heavy atom. The van der Waals surface area contributed by atoms with Crippen molar-refractivity contribution >= 4 is 16.0 Å². The van der Waals surface area contributed by atoms with Crippen molar-refractivity contribution in [1.82, 2.24) is 9.71 Å². The molecule has 2 aromatic rings. The van der Waals surface area contributed by atoms with Crippen molar-refractivity contribution in [3.63, 3.8) is 0 Å². The van der Waals surface area contributed by atoms with Gasteiger partial charge in [0.25, 0.3) is 0 Å². The van der Waals surface area contributed by atoms with E-state index in [9.17, 15) is 13.2 Å². The highest BCUT2D eigenvalue weighted by Gasteiger charge is 2.17. The highest BCUT2D eigenvalue weighted by Crippen LogP contribution is 2.13. The minimum Gasteiger partial charge on any atom is -0.456 e. The van der Waals surface area contributed by atoms with E-state index < -0.39 is 16.0 Å². The van der Waals surface area contributed by atoms with E-state index in [2.05, 4.69) is 9.71 Å². The Labute approximate surface area is 135 Å². The first-order chi connectivity index (χ1) is 10.9. The van der Waals surface area contributed by atoms with Gasteiger partial charge in [-0.2, -0.15) is 0 Å². The molecule has 0 amide bonds. The van der Waals surface area contributed by atoms with Gasteiger partial charge in [-0.25, -0.2) is 17.9 Å². The number of hydrogen-bond acceptors (Lipinski definition) is 5. The molecule has 1 heterocycles. The second-order valence-electron chi connectivity index (χ2n) is 5.20. The molecule has 6 nitrogen and oxygen atoms in total.